The van der Waals surface area contributed by atoms with Gasteiger partial charge >= 0.3 is 0 Å². The number of carbonyl (C=O) groups excluding carboxylic acids is 1. The maximum absolute atomic E-state index is 13.0. The molecule has 1 amide bonds. The van der Waals surface area contributed by atoms with E-state index in [9.17, 15) is 13.2 Å². The lowest BCUT2D eigenvalue weighted by Gasteiger charge is -2.32. The van der Waals surface area contributed by atoms with Crippen molar-refractivity contribution in [3.8, 4) is 0 Å². The van der Waals surface area contributed by atoms with Crippen LogP contribution in [-0.2, 0) is 14.8 Å². The van der Waals surface area contributed by atoms with Crippen molar-refractivity contribution in [1.29, 1.82) is 0 Å². The van der Waals surface area contributed by atoms with Crippen LogP contribution in [0.1, 0.15) is 36.5 Å². The molecule has 3 rings (SSSR count). The van der Waals surface area contributed by atoms with Crippen LogP contribution in [0.2, 0.25) is 10.0 Å². The quantitative estimate of drug-likeness (QED) is 0.628. The molecule has 6 nitrogen and oxygen atoms in total. The molecule has 2 aromatic carbocycles. The molecule has 162 valence electrons. The Bertz CT molecular complexity index is 997. The minimum atomic E-state index is -3.99. The second-order valence-electron chi connectivity index (χ2n) is 7.14. The number of benzene rings is 2. The van der Waals surface area contributed by atoms with Gasteiger partial charge in [0.2, 0.25) is 0 Å². The third-order valence-corrected chi connectivity index (χ3v) is 6.90. The van der Waals surface area contributed by atoms with E-state index in [4.69, 9.17) is 27.9 Å². The van der Waals surface area contributed by atoms with Gasteiger partial charge in [-0.3, -0.25) is 9.52 Å². The maximum atomic E-state index is 13.0. The van der Waals surface area contributed by atoms with Crippen LogP contribution in [0.5, 0.6) is 0 Å². The van der Waals surface area contributed by atoms with E-state index in [1.165, 1.54) is 12.1 Å². The number of halogens is 2. The third kappa shape index (κ3) is 5.66. The molecular weight excluding hydrogens is 447 g/mol. The van der Waals surface area contributed by atoms with E-state index in [0.717, 1.165) is 19.3 Å². The number of rotatable bonds is 7. The molecule has 0 aliphatic carbocycles. The normalized spacial score (nSPS) is 17.0. The number of nitrogens with one attached hydrogen (secondary N) is 1. The summed E-state index contributed by atoms with van der Waals surface area (Å²) in [5, 5.41) is 0.530. The topological polar surface area (TPSA) is 75.7 Å². The molecule has 1 aliphatic heterocycles. The molecule has 0 radical (unpaired) electrons. The van der Waals surface area contributed by atoms with E-state index >= 15 is 0 Å². The first-order valence-electron chi connectivity index (χ1n) is 9.79. The summed E-state index contributed by atoms with van der Waals surface area (Å²) < 4.78 is 34.0. The minimum Gasteiger partial charge on any atom is -0.376 e. The van der Waals surface area contributed by atoms with Gasteiger partial charge in [-0.1, -0.05) is 30.1 Å². The van der Waals surface area contributed by atoms with Crippen LogP contribution in [0, 0.1) is 0 Å². The number of likely N-dealkylation sites (tertiary alicyclic amines) is 1. The fourth-order valence-electron chi connectivity index (χ4n) is 3.30. The van der Waals surface area contributed by atoms with Crippen LogP contribution in [0.25, 0.3) is 0 Å². The van der Waals surface area contributed by atoms with Crippen molar-refractivity contribution in [2.45, 2.75) is 37.2 Å². The number of carbonyl (C=O) groups is 1. The molecule has 0 saturated carbocycles. The molecule has 0 spiro atoms. The van der Waals surface area contributed by atoms with Crippen molar-refractivity contribution >= 4 is 44.8 Å². The lowest BCUT2D eigenvalue weighted by molar-refractivity contribution is 0.00210. The zero-order valence-electron chi connectivity index (χ0n) is 16.6. The van der Waals surface area contributed by atoms with Gasteiger partial charge < -0.3 is 9.64 Å². The number of nitrogens with zero attached hydrogens (tertiary/aromatic N) is 1. The molecule has 1 N–H and O–H groups in total. The average Bonchev–Trinajstić information content (AvgIpc) is 2.73. The number of amides is 1. The second kappa shape index (κ2) is 10.0. The number of sulfonamides is 1. The van der Waals surface area contributed by atoms with E-state index in [1.54, 1.807) is 35.2 Å². The summed E-state index contributed by atoms with van der Waals surface area (Å²) in [6.45, 7) is 3.80. The summed E-state index contributed by atoms with van der Waals surface area (Å²) in [7, 11) is -3.99. The molecule has 2 aromatic rings. The van der Waals surface area contributed by atoms with Crippen molar-refractivity contribution in [3.63, 3.8) is 0 Å². The summed E-state index contributed by atoms with van der Waals surface area (Å²) in [6, 6.07) is 10.5. The first-order valence-corrected chi connectivity index (χ1v) is 12.0. The Morgan fingerprint density at radius 2 is 1.93 bits per heavy atom. The highest BCUT2D eigenvalue weighted by molar-refractivity contribution is 7.92. The molecule has 1 atom stereocenters. The van der Waals surface area contributed by atoms with Crippen LogP contribution in [0.15, 0.2) is 47.4 Å². The Morgan fingerprint density at radius 1 is 1.20 bits per heavy atom. The van der Waals surface area contributed by atoms with Gasteiger partial charge in [-0.05, 0) is 61.7 Å². The average molecular weight is 471 g/mol. The number of anilines is 1. The highest BCUT2D eigenvalue weighted by atomic mass is 35.5. The zero-order valence-corrected chi connectivity index (χ0v) is 18.9. The molecule has 1 saturated heterocycles. The van der Waals surface area contributed by atoms with E-state index in [0.29, 0.717) is 30.4 Å². The summed E-state index contributed by atoms with van der Waals surface area (Å²) in [5.41, 5.74) is 0.617. The monoisotopic (exact) mass is 470 g/mol. The number of hydrogen-bond acceptors (Lipinski definition) is 4. The SMILES string of the molecule is CCCOC1CCCN(C(=O)c2ccc(Cl)c(S(=O)(=O)Nc3ccc(Cl)cc3)c2)C1. The highest BCUT2D eigenvalue weighted by Crippen LogP contribution is 2.27. The summed E-state index contributed by atoms with van der Waals surface area (Å²) in [4.78, 5) is 14.6. The van der Waals surface area contributed by atoms with Gasteiger partial charge in [0.15, 0.2) is 0 Å². The maximum Gasteiger partial charge on any atom is 0.263 e. The van der Waals surface area contributed by atoms with Crippen molar-refractivity contribution in [3.05, 3.63) is 58.1 Å². The Hall–Kier alpha value is -1.80. The van der Waals surface area contributed by atoms with Gasteiger partial charge in [0, 0.05) is 36.0 Å². The van der Waals surface area contributed by atoms with Crippen LogP contribution in [0.4, 0.5) is 5.69 Å². The number of piperidine rings is 1. The summed E-state index contributed by atoms with van der Waals surface area (Å²) >= 11 is 12.0. The van der Waals surface area contributed by atoms with Gasteiger partial charge in [-0.15, -0.1) is 0 Å². The minimum absolute atomic E-state index is 0.00437. The Morgan fingerprint density at radius 3 is 2.63 bits per heavy atom. The third-order valence-electron chi connectivity index (χ3n) is 4.79. The largest absolute Gasteiger partial charge is 0.376 e. The molecule has 9 heteroatoms. The Kier molecular flexibility index (Phi) is 7.63. The standard InChI is InChI=1S/C21H24Cl2N2O4S/c1-2-12-29-18-4-3-11-25(14-18)21(26)15-5-10-19(23)20(13-15)30(27,28)24-17-8-6-16(22)7-9-17/h5-10,13,18,24H,2-4,11-12,14H2,1H3. The summed E-state index contributed by atoms with van der Waals surface area (Å²) in [6.07, 6.45) is 2.68. The Balaban J connectivity index is 1.80. The fraction of sp³-hybridized carbons (Fsp3) is 0.381. The van der Waals surface area contributed by atoms with Crippen LogP contribution in [-0.4, -0.2) is 45.0 Å². The first-order chi connectivity index (χ1) is 14.3. The van der Waals surface area contributed by atoms with Gasteiger partial charge in [0.1, 0.15) is 4.90 Å². The smallest absolute Gasteiger partial charge is 0.263 e. The van der Waals surface area contributed by atoms with Crippen molar-refractivity contribution in [1.82, 2.24) is 4.90 Å². The van der Waals surface area contributed by atoms with E-state index in [2.05, 4.69) is 4.72 Å². The molecule has 30 heavy (non-hydrogen) atoms. The van der Waals surface area contributed by atoms with Crippen LogP contribution >= 0.6 is 23.2 Å². The van der Waals surface area contributed by atoms with Gasteiger partial charge in [-0.2, -0.15) is 0 Å². The fourth-order valence-corrected chi connectivity index (χ4v) is 5.01. The van der Waals surface area contributed by atoms with Gasteiger partial charge in [-0.25, -0.2) is 8.42 Å². The number of hydrogen-bond donors (Lipinski definition) is 1. The van der Waals surface area contributed by atoms with Gasteiger partial charge in [0.25, 0.3) is 15.9 Å². The molecule has 1 aliphatic rings. The molecule has 1 fully saturated rings. The van der Waals surface area contributed by atoms with E-state index in [1.807, 2.05) is 6.92 Å². The Labute approximate surface area is 187 Å². The zero-order chi connectivity index (χ0) is 21.7. The summed E-state index contributed by atoms with van der Waals surface area (Å²) in [5.74, 6) is -0.237. The van der Waals surface area contributed by atoms with Crippen LogP contribution in [0.3, 0.4) is 0 Å². The first kappa shape index (κ1) is 22.9. The molecule has 1 heterocycles. The lowest BCUT2D eigenvalue weighted by Crippen LogP contribution is -2.43. The molecule has 0 aromatic heterocycles. The molecule has 1 unspecified atom stereocenters. The van der Waals surface area contributed by atoms with Crippen molar-refractivity contribution in [2.75, 3.05) is 24.4 Å². The second-order valence-corrected chi connectivity index (χ2v) is 9.64. The predicted molar refractivity (Wildman–Crippen MR) is 119 cm³/mol. The highest BCUT2D eigenvalue weighted by Gasteiger charge is 2.27. The van der Waals surface area contributed by atoms with Crippen molar-refractivity contribution in [2.24, 2.45) is 0 Å². The number of ether oxygens (including phenoxy) is 1. The lowest BCUT2D eigenvalue weighted by atomic mass is 10.1. The van der Waals surface area contributed by atoms with Gasteiger partial charge in [0.05, 0.1) is 11.1 Å². The predicted octanol–water partition coefficient (Wildman–Crippen LogP) is 4.83. The van der Waals surface area contributed by atoms with E-state index < -0.39 is 10.0 Å². The molecular formula is C21H24Cl2N2O4S. The van der Waals surface area contributed by atoms with Crippen molar-refractivity contribution < 1.29 is 17.9 Å². The molecule has 0 bridgehead atoms. The van der Waals surface area contributed by atoms with E-state index in [-0.39, 0.29) is 27.5 Å². The van der Waals surface area contributed by atoms with Crippen LogP contribution < -0.4 is 4.72 Å².